The van der Waals surface area contributed by atoms with E-state index >= 15 is 0 Å². The second-order valence-electron chi connectivity index (χ2n) is 7.43. The van der Waals surface area contributed by atoms with Crippen molar-refractivity contribution in [1.82, 2.24) is 15.0 Å². The molecule has 1 aliphatic rings. The topological polar surface area (TPSA) is 51.8 Å². The first-order chi connectivity index (χ1) is 14.8. The molecule has 144 valence electrons. The molecule has 0 radical (unpaired) electrons. The number of hydrogen-bond donors (Lipinski definition) is 0. The number of allylic oxidation sites excluding steroid dienone is 1. The quantitative estimate of drug-likeness (QED) is 0.336. The van der Waals surface area contributed by atoms with Crippen molar-refractivity contribution >= 4 is 39.6 Å². The van der Waals surface area contributed by atoms with Crippen LogP contribution in [0.15, 0.2) is 77.2 Å². The lowest BCUT2D eigenvalue weighted by atomic mass is 9.89. The van der Waals surface area contributed by atoms with Crippen molar-refractivity contribution in [2.75, 3.05) is 0 Å². The summed E-state index contributed by atoms with van der Waals surface area (Å²) >= 11 is 6.35. The number of benzene rings is 3. The van der Waals surface area contributed by atoms with E-state index in [0.29, 0.717) is 11.6 Å². The van der Waals surface area contributed by atoms with Crippen molar-refractivity contribution in [2.24, 2.45) is 0 Å². The first kappa shape index (κ1) is 17.4. The van der Waals surface area contributed by atoms with Crippen LogP contribution in [0.2, 0.25) is 5.28 Å². The maximum atomic E-state index is 6.35. The van der Waals surface area contributed by atoms with Gasteiger partial charge in [-0.3, -0.25) is 0 Å². The lowest BCUT2D eigenvalue weighted by Crippen LogP contribution is -2.11. The maximum absolute atomic E-state index is 6.35. The summed E-state index contributed by atoms with van der Waals surface area (Å²) in [5, 5.41) is 2.23. The van der Waals surface area contributed by atoms with Gasteiger partial charge in [0.1, 0.15) is 17.0 Å². The highest BCUT2D eigenvalue weighted by Crippen LogP contribution is 2.36. The first-order valence-electron chi connectivity index (χ1n) is 9.84. The largest absolute Gasteiger partial charge is 0.456 e. The first-order valence-corrected chi connectivity index (χ1v) is 10.2. The lowest BCUT2D eigenvalue weighted by molar-refractivity contribution is 0.669. The van der Waals surface area contributed by atoms with E-state index < -0.39 is 0 Å². The van der Waals surface area contributed by atoms with Crippen LogP contribution in [0.3, 0.4) is 0 Å². The maximum Gasteiger partial charge on any atom is 0.226 e. The molecule has 5 heteroatoms. The van der Waals surface area contributed by atoms with Crippen molar-refractivity contribution < 1.29 is 4.42 Å². The number of halogens is 1. The van der Waals surface area contributed by atoms with Gasteiger partial charge < -0.3 is 4.42 Å². The number of nitrogens with zero attached hydrogens (tertiary/aromatic N) is 3. The molecule has 0 fully saturated rings. The monoisotopic (exact) mass is 409 g/mol. The van der Waals surface area contributed by atoms with Crippen LogP contribution in [0.25, 0.3) is 39.4 Å². The third-order valence-electron chi connectivity index (χ3n) is 5.60. The molecular weight excluding hydrogens is 394 g/mol. The van der Waals surface area contributed by atoms with E-state index in [2.05, 4.69) is 52.5 Å². The number of hydrogen-bond acceptors (Lipinski definition) is 4. The van der Waals surface area contributed by atoms with Crippen molar-refractivity contribution in [1.29, 1.82) is 0 Å². The molecule has 0 bridgehead atoms. The van der Waals surface area contributed by atoms with Crippen molar-refractivity contribution in [3.05, 3.63) is 95.0 Å². The smallest absolute Gasteiger partial charge is 0.226 e. The molecule has 0 aliphatic heterocycles. The van der Waals surface area contributed by atoms with Gasteiger partial charge in [-0.1, -0.05) is 66.7 Å². The minimum Gasteiger partial charge on any atom is -0.456 e. The van der Waals surface area contributed by atoms with Gasteiger partial charge in [0.2, 0.25) is 5.28 Å². The summed E-state index contributed by atoms with van der Waals surface area (Å²) in [7, 11) is 0. The Labute approximate surface area is 177 Å². The highest BCUT2D eigenvalue weighted by atomic mass is 35.5. The Morgan fingerprint density at radius 2 is 1.67 bits per heavy atom. The Morgan fingerprint density at radius 3 is 2.63 bits per heavy atom. The number of aromatic nitrogens is 3. The Kier molecular flexibility index (Phi) is 3.93. The summed E-state index contributed by atoms with van der Waals surface area (Å²) in [4.78, 5) is 13.7. The predicted molar refractivity (Wildman–Crippen MR) is 119 cm³/mol. The van der Waals surface area contributed by atoms with Gasteiger partial charge in [-0.15, -0.1) is 0 Å². The molecule has 3 aromatic carbocycles. The van der Waals surface area contributed by atoms with Crippen LogP contribution in [0, 0.1) is 0 Å². The van der Waals surface area contributed by atoms with E-state index in [1.165, 1.54) is 11.1 Å². The van der Waals surface area contributed by atoms with E-state index in [0.717, 1.165) is 33.9 Å². The Morgan fingerprint density at radius 1 is 0.833 bits per heavy atom. The zero-order valence-electron chi connectivity index (χ0n) is 15.9. The number of furan rings is 1. The van der Waals surface area contributed by atoms with Crippen molar-refractivity contribution in [3.8, 4) is 11.4 Å². The van der Waals surface area contributed by atoms with Gasteiger partial charge >= 0.3 is 0 Å². The van der Waals surface area contributed by atoms with E-state index in [1.54, 1.807) is 0 Å². The minimum atomic E-state index is 0.0550. The van der Waals surface area contributed by atoms with Gasteiger partial charge in [-0.25, -0.2) is 9.97 Å². The summed E-state index contributed by atoms with van der Waals surface area (Å²) in [6, 6.07) is 22.3. The highest BCUT2D eigenvalue weighted by Gasteiger charge is 2.21. The Bertz CT molecular complexity index is 1450. The summed E-state index contributed by atoms with van der Waals surface area (Å²) in [6.07, 6.45) is 5.11. The lowest BCUT2D eigenvalue weighted by Gasteiger charge is -2.18. The molecule has 0 amide bonds. The van der Waals surface area contributed by atoms with Gasteiger partial charge in [0.05, 0.1) is 0 Å². The standard InChI is InChI=1S/C25H16ClN3O/c26-25-28-23(17-13-12-15-6-1-2-7-16(15)14-17)27-24(29-25)19-9-5-11-21-22(19)18-8-3-4-10-20(18)30-21/h1-13,17H,14H2. The van der Waals surface area contributed by atoms with Gasteiger partial charge in [0.25, 0.3) is 0 Å². The predicted octanol–water partition coefficient (Wildman–Crippen LogP) is 6.44. The molecule has 30 heavy (non-hydrogen) atoms. The molecular formula is C25H16ClN3O. The minimum absolute atomic E-state index is 0.0550. The number of fused-ring (bicyclic) bond motifs is 4. The van der Waals surface area contributed by atoms with Crippen LogP contribution in [-0.4, -0.2) is 15.0 Å². The van der Waals surface area contributed by atoms with E-state index in [4.69, 9.17) is 21.0 Å². The van der Waals surface area contributed by atoms with Crippen LogP contribution >= 0.6 is 11.6 Å². The molecule has 0 saturated heterocycles. The molecule has 5 aromatic rings. The third kappa shape index (κ3) is 2.80. The fraction of sp³-hybridized carbons (Fsp3) is 0.0800. The molecule has 1 atom stereocenters. The Balaban J connectivity index is 1.50. The Hall–Kier alpha value is -3.50. The third-order valence-corrected chi connectivity index (χ3v) is 5.77. The van der Waals surface area contributed by atoms with Crippen LogP contribution in [0.4, 0.5) is 0 Å². The van der Waals surface area contributed by atoms with Crippen LogP contribution < -0.4 is 0 Å². The molecule has 0 N–H and O–H groups in total. The van der Waals surface area contributed by atoms with Crippen LogP contribution in [0.5, 0.6) is 0 Å². The zero-order chi connectivity index (χ0) is 20.1. The van der Waals surface area contributed by atoms with E-state index in [1.807, 2.05) is 36.4 Å². The van der Waals surface area contributed by atoms with E-state index in [9.17, 15) is 0 Å². The molecule has 0 spiro atoms. The molecule has 1 aliphatic carbocycles. The average Bonchev–Trinajstić information content (AvgIpc) is 3.17. The molecule has 2 aromatic heterocycles. The fourth-order valence-corrected chi connectivity index (χ4v) is 4.36. The van der Waals surface area contributed by atoms with Gasteiger partial charge in [-0.05, 0) is 41.3 Å². The van der Waals surface area contributed by atoms with Crippen molar-refractivity contribution in [3.63, 3.8) is 0 Å². The molecule has 1 unspecified atom stereocenters. The summed E-state index contributed by atoms with van der Waals surface area (Å²) < 4.78 is 6.02. The SMILES string of the molecule is Clc1nc(-c2cccc3oc4ccccc4c23)nc(C2C=Cc3ccccc3C2)n1. The molecule has 2 heterocycles. The normalized spacial score (nSPS) is 15.6. The molecule has 4 nitrogen and oxygen atoms in total. The van der Waals surface area contributed by atoms with Crippen molar-refractivity contribution in [2.45, 2.75) is 12.3 Å². The molecule has 0 saturated carbocycles. The average molecular weight is 410 g/mol. The highest BCUT2D eigenvalue weighted by molar-refractivity contribution is 6.28. The number of rotatable bonds is 2. The fourth-order valence-electron chi connectivity index (χ4n) is 4.20. The molecule has 6 rings (SSSR count). The van der Waals surface area contributed by atoms with Gasteiger partial charge in [0.15, 0.2) is 5.82 Å². The summed E-state index contributed by atoms with van der Waals surface area (Å²) in [6.45, 7) is 0. The zero-order valence-corrected chi connectivity index (χ0v) is 16.7. The second kappa shape index (κ2) is 6.78. The van der Waals surface area contributed by atoms with Crippen LogP contribution in [0.1, 0.15) is 22.9 Å². The summed E-state index contributed by atoms with van der Waals surface area (Å²) in [5.41, 5.74) is 5.06. The van der Waals surface area contributed by atoms with Gasteiger partial charge in [-0.2, -0.15) is 4.98 Å². The van der Waals surface area contributed by atoms with Crippen LogP contribution in [-0.2, 0) is 6.42 Å². The van der Waals surface area contributed by atoms with Gasteiger partial charge in [0, 0.05) is 22.3 Å². The number of para-hydroxylation sites is 1. The van der Waals surface area contributed by atoms with E-state index in [-0.39, 0.29) is 11.2 Å². The second-order valence-corrected chi connectivity index (χ2v) is 7.77. The summed E-state index contributed by atoms with van der Waals surface area (Å²) in [5.74, 6) is 1.30.